The average Bonchev–Trinajstić information content (AvgIpc) is 3.17. The van der Waals surface area contributed by atoms with Crippen molar-refractivity contribution in [3.8, 4) is 5.75 Å². The minimum atomic E-state index is -0.567. The maximum absolute atomic E-state index is 13.7. The molecule has 3 rings (SSSR count). The number of amides is 1. The maximum atomic E-state index is 13.7. The number of hydrogen-bond acceptors (Lipinski definition) is 5. The molecular formula is C19H27ClFN3O3. The third kappa shape index (κ3) is 5.40. The summed E-state index contributed by atoms with van der Waals surface area (Å²) in [5, 5.41) is 3.34. The van der Waals surface area contributed by atoms with Gasteiger partial charge >= 0.3 is 0 Å². The van der Waals surface area contributed by atoms with Crippen LogP contribution in [-0.4, -0.2) is 73.9 Å². The van der Waals surface area contributed by atoms with Crippen molar-refractivity contribution in [2.45, 2.75) is 25.3 Å². The van der Waals surface area contributed by atoms with Gasteiger partial charge < -0.3 is 15.0 Å². The molecule has 2 saturated heterocycles. The lowest BCUT2D eigenvalue weighted by Crippen LogP contribution is -2.49. The molecule has 6 nitrogen and oxygen atoms in total. The van der Waals surface area contributed by atoms with Gasteiger partial charge in [0.2, 0.25) is 5.91 Å². The minimum absolute atomic E-state index is 0. The van der Waals surface area contributed by atoms with Crippen molar-refractivity contribution in [2.24, 2.45) is 0 Å². The predicted octanol–water partition coefficient (Wildman–Crippen LogP) is 1.73. The zero-order valence-electron chi connectivity index (χ0n) is 15.6. The third-order valence-electron chi connectivity index (χ3n) is 5.22. The van der Waals surface area contributed by atoms with Crippen molar-refractivity contribution in [1.29, 1.82) is 0 Å². The van der Waals surface area contributed by atoms with Gasteiger partial charge in [0.25, 0.3) is 0 Å². The molecule has 0 bridgehead atoms. The van der Waals surface area contributed by atoms with E-state index >= 15 is 0 Å². The first-order chi connectivity index (χ1) is 12.6. The van der Waals surface area contributed by atoms with Crippen LogP contribution in [0.4, 0.5) is 4.39 Å². The predicted molar refractivity (Wildman–Crippen MR) is 103 cm³/mol. The molecule has 1 aromatic rings. The normalized spacial score (nSPS) is 20.2. The number of ether oxygens (including phenoxy) is 1. The van der Waals surface area contributed by atoms with E-state index in [9.17, 15) is 14.0 Å². The van der Waals surface area contributed by atoms with E-state index in [-0.39, 0.29) is 48.3 Å². The van der Waals surface area contributed by atoms with Crippen LogP contribution in [0.2, 0.25) is 0 Å². The average molecular weight is 400 g/mol. The first-order valence-electron chi connectivity index (χ1n) is 9.18. The molecule has 1 N–H and O–H groups in total. The zero-order chi connectivity index (χ0) is 18.5. The molecule has 2 fully saturated rings. The summed E-state index contributed by atoms with van der Waals surface area (Å²) in [5.41, 5.74) is 0.274. The Hall–Kier alpha value is -1.70. The summed E-state index contributed by atoms with van der Waals surface area (Å²) in [6, 6.07) is 4.56. The number of methoxy groups -OCH3 is 1. The molecule has 8 heteroatoms. The van der Waals surface area contributed by atoms with Gasteiger partial charge in [0.1, 0.15) is 0 Å². The Bertz CT molecular complexity index is 668. The van der Waals surface area contributed by atoms with Gasteiger partial charge in [-0.25, -0.2) is 4.39 Å². The van der Waals surface area contributed by atoms with Gasteiger partial charge in [0, 0.05) is 63.7 Å². The van der Waals surface area contributed by atoms with Crippen molar-refractivity contribution >= 4 is 24.1 Å². The van der Waals surface area contributed by atoms with Gasteiger partial charge in [-0.2, -0.15) is 0 Å². The molecule has 0 radical (unpaired) electrons. The summed E-state index contributed by atoms with van der Waals surface area (Å²) < 4.78 is 18.6. The number of carbonyl (C=O) groups is 2. The summed E-state index contributed by atoms with van der Waals surface area (Å²) >= 11 is 0. The lowest BCUT2D eigenvalue weighted by molar-refractivity contribution is -0.130. The van der Waals surface area contributed by atoms with Crippen LogP contribution in [0.15, 0.2) is 18.2 Å². The van der Waals surface area contributed by atoms with Gasteiger partial charge in [-0.1, -0.05) is 0 Å². The van der Waals surface area contributed by atoms with E-state index in [0.717, 1.165) is 45.7 Å². The number of rotatable bonds is 6. The molecular weight excluding hydrogens is 373 g/mol. The summed E-state index contributed by atoms with van der Waals surface area (Å²) in [7, 11) is 1.38. The second kappa shape index (κ2) is 10.0. The topological polar surface area (TPSA) is 61.9 Å². The van der Waals surface area contributed by atoms with Gasteiger partial charge in [0.05, 0.1) is 7.11 Å². The lowest BCUT2D eigenvalue weighted by atomic mass is 10.1. The molecule has 0 aromatic heterocycles. The number of piperazine rings is 1. The number of Topliss-reactive ketones (excluding diaryl/α,β-unsaturated/α-hetero) is 1. The Morgan fingerprint density at radius 3 is 2.63 bits per heavy atom. The molecule has 0 aliphatic carbocycles. The number of carbonyl (C=O) groups excluding carboxylic acids is 2. The number of hydrogen-bond donors (Lipinski definition) is 1. The molecule has 0 saturated carbocycles. The molecule has 150 valence electrons. The fourth-order valence-corrected chi connectivity index (χ4v) is 3.68. The summed E-state index contributed by atoms with van der Waals surface area (Å²) in [6.07, 6.45) is 1.25. The van der Waals surface area contributed by atoms with Crippen molar-refractivity contribution in [3.05, 3.63) is 29.6 Å². The van der Waals surface area contributed by atoms with Crippen LogP contribution >= 0.6 is 12.4 Å². The SMILES string of the molecule is COc1ccc(C(=O)CCC(=O)N2CCC(N3CCNCC3)C2)cc1F.Cl. The Kier molecular flexibility index (Phi) is 8.01. The highest BCUT2D eigenvalue weighted by Gasteiger charge is 2.30. The first kappa shape index (κ1) is 21.6. The van der Waals surface area contributed by atoms with Crippen LogP contribution in [0.3, 0.4) is 0 Å². The van der Waals surface area contributed by atoms with Gasteiger partial charge in [-0.15, -0.1) is 12.4 Å². The van der Waals surface area contributed by atoms with Crippen molar-refractivity contribution in [1.82, 2.24) is 15.1 Å². The zero-order valence-corrected chi connectivity index (χ0v) is 16.4. The summed E-state index contributed by atoms with van der Waals surface area (Å²) in [4.78, 5) is 29.0. The maximum Gasteiger partial charge on any atom is 0.223 e. The number of halogens is 2. The van der Waals surface area contributed by atoms with Crippen LogP contribution < -0.4 is 10.1 Å². The Balaban J connectivity index is 0.00000261. The minimum Gasteiger partial charge on any atom is -0.494 e. The Labute approximate surface area is 165 Å². The Morgan fingerprint density at radius 1 is 1.22 bits per heavy atom. The molecule has 27 heavy (non-hydrogen) atoms. The molecule has 1 amide bonds. The highest BCUT2D eigenvalue weighted by atomic mass is 35.5. The molecule has 2 aliphatic heterocycles. The fraction of sp³-hybridized carbons (Fsp3) is 0.579. The lowest BCUT2D eigenvalue weighted by Gasteiger charge is -2.32. The molecule has 1 unspecified atom stereocenters. The summed E-state index contributed by atoms with van der Waals surface area (Å²) in [6.45, 7) is 5.53. The van der Waals surface area contributed by atoms with Crippen molar-refractivity contribution < 1.29 is 18.7 Å². The number of likely N-dealkylation sites (tertiary alicyclic amines) is 1. The molecule has 0 spiro atoms. The quantitative estimate of drug-likeness (QED) is 0.738. The second-order valence-corrected chi connectivity index (χ2v) is 6.84. The van der Waals surface area contributed by atoms with Crippen LogP contribution in [0.1, 0.15) is 29.6 Å². The number of benzene rings is 1. The molecule has 1 atom stereocenters. The second-order valence-electron chi connectivity index (χ2n) is 6.84. The van der Waals surface area contributed by atoms with E-state index in [4.69, 9.17) is 4.74 Å². The molecule has 2 heterocycles. The van der Waals surface area contributed by atoms with Crippen molar-refractivity contribution in [3.63, 3.8) is 0 Å². The van der Waals surface area contributed by atoms with Gasteiger partial charge in [0.15, 0.2) is 17.3 Å². The third-order valence-corrected chi connectivity index (χ3v) is 5.22. The van der Waals surface area contributed by atoms with E-state index in [1.807, 2.05) is 4.90 Å². The fourth-order valence-electron chi connectivity index (χ4n) is 3.68. The van der Waals surface area contributed by atoms with E-state index in [2.05, 4.69) is 10.2 Å². The van der Waals surface area contributed by atoms with E-state index in [0.29, 0.717) is 6.04 Å². The standard InChI is InChI=1S/C19H26FN3O3.ClH/c1-26-18-4-2-14(12-16(18)20)17(24)3-5-19(25)23-9-6-15(13-23)22-10-7-21-8-11-22;/h2,4,12,15,21H,3,5-11,13H2,1H3;1H. The Morgan fingerprint density at radius 2 is 1.96 bits per heavy atom. The van der Waals surface area contributed by atoms with Crippen LogP contribution in [0.5, 0.6) is 5.75 Å². The van der Waals surface area contributed by atoms with Crippen LogP contribution in [0.25, 0.3) is 0 Å². The largest absolute Gasteiger partial charge is 0.494 e. The van der Waals surface area contributed by atoms with Crippen LogP contribution in [-0.2, 0) is 4.79 Å². The van der Waals surface area contributed by atoms with Gasteiger partial charge in [-0.05, 0) is 24.6 Å². The monoisotopic (exact) mass is 399 g/mol. The highest BCUT2D eigenvalue weighted by Crippen LogP contribution is 2.20. The smallest absolute Gasteiger partial charge is 0.223 e. The van der Waals surface area contributed by atoms with Gasteiger partial charge in [-0.3, -0.25) is 14.5 Å². The molecule has 1 aromatic carbocycles. The van der Waals surface area contributed by atoms with Crippen molar-refractivity contribution in [2.75, 3.05) is 46.4 Å². The van der Waals surface area contributed by atoms with E-state index in [1.165, 1.54) is 25.3 Å². The number of ketones is 1. The van der Waals surface area contributed by atoms with E-state index < -0.39 is 5.82 Å². The molecule has 2 aliphatic rings. The summed E-state index contributed by atoms with van der Waals surface area (Å²) in [5.74, 6) is -0.681. The van der Waals surface area contributed by atoms with E-state index in [1.54, 1.807) is 0 Å². The number of nitrogens with zero attached hydrogens (tertiary/aromatic N) is 2. The highest BCUT2D eigenvalue weighted by molar-refractivity contribution is 5.98. The van der Waals surface area contributed by atoms with Crippen LogP contribution in [0, 0.1) is 5.82 Å². The number of nitrogens with one attached hydrogen (secondary N) is 1. The first-order valence-corrected chi connectivity index (χ1v) is 9.18.